The van der Waals surface area contributed by atoms with Gasteiger partial charge in [0, 0.05) is 17.1 Å². The number of aromatic nitrogens is 2. The number of carbonyl (C=O) groups excluding carboxylic acids is 1. The van der Waals surface area contributed by atoms with E-state index in [9.17, 15) is 9.18 Å². The molecule has 0 fully saturated rings. The number of benzene rings is 1. The van der Waals surface area contributed by atoms with Crippen LogP contribution in [0, 0.1) is 5.82 Å². The van der Waals surface area contributed by atoms with Gasteiger partial charge in [0.15, 0.2) is 0 Å². The van der Waals surface area contributed by atoms with Crippen LogP contribution in [0.4, 0.5) is 4.39 Å². The van der Waals surface area contributed by atoms with Crippen molar-refractivity contribution in [2.45, 2.75) is 13.0 Å². The average Bonchev–Trinajstić information content (AvgIpc) is 2.91. The summed E-state index contributed by atoms with van der Waals surface area (Å²) in [5.41, 5.74) is 0.581. The van der Waals surface area contributed by atoms with Crippen LogP contribution < -0.4 is 0 Å². The third-order valence-electron chi connectivity index (χ3n) is 2.96. The minimum atomic E-state index is -0.492. The average molecular weight is 302 g/mol. The van der Waals surface area contributed by atoms with E-state index in [1.54, 1.807) is 37.6 Å². The maximum atomic E-state index is 13.2. The van der Waals surface area contributed by atoms with E-state index < -0.39 is 12.1 Å². The van der Waals surface area contributed by atoms with Crippen molar-refractivity contribution < 1.29 is 13.9 Å². The normalized spacial score (nSPS) is 12.3. The molecule has 1 unspecified atom stereocenters. The second kappa shape index (κ2) is 5.57. The van der Waals surface area contributed by atoms with Crippen LogP contribution >= 0.6 is 11.3 Å². The van der Waals surface area contributed by atoms with Crippen LogP contribution in [0.3, 0.4) is 0 Å². The van der Waals surface area contributed by atoms with Crippen molar-refractivity contribution in [1.82, 2.24) is 9.97 Å². The smallest absolute Gasteiger partial charge is 0.349 e. The standard InChI is InChI=1S/C15H11FN2O2S/c1-9(12-8-17-4-5-18-12)20-15(19)14-7-10-6-11(16)2-3-13(10)21-14/h2-9H,1H3. The number of rotatable bonds is 3. The van der Waals surface area contributed by atoms with Gasteiger partial charge in [-0.25, -0.2) is 9.18 Å². The van der Waals surface area contributed by atoms with Gasteiger partial charge in [-0.05, 0) is 36.6 Å². The fraction of sp³-hybridized carbons (Fsp3) is 0.133. The lowest BCUT2D eigenvalue weighted by atomic mass is 10.2. The van der Waals surface area contributed by atoms with Crippen molar-refractivity contribution in [1.29, 1.82) is 0 Å². The summed E-state index contributed by atoms with van der Waals surface area (Å²) in [6, 6.07) is 6.05. The highest BCUT2D eigenvalue weighted by Crippen LogP contribution is 2.28. The molecule has 0 radical (unpaired) electrons. The quantitative estimate of drug-likeness (QED) is 0.691. The fourth-order valence-corrected chi connectivity index (χ4v) is 2.84. The summed E-state index contributed by atoms with van der Waals surface area (Å²) in [7, 11) is 0. The number of halogens is 1. The zero-order valence-corrected chi connectivity index (χ0v) is 11.9. The lowest BCUT2D eigenvalue weighted by molar-refractivity contribution is 0.0334. The maximum absolute atomic E-state index is 13.2. The number of carbonyl (C=O) groups is 1. The molecule has 106 valence electrons. The van der Waals surface area contributed by atoms with Crippen molar-refractivity contribution in [3.05, 3.63) is 59.2 Å². The van der Waals surface area contributed by atoms with Crippen molar-refractivity contribution in [3.63, 3.8) is 0 Å². The Morgan fingerprint density at radius 3 is 2.95 bits per heavy atom. The van der Waals surface area contributed by atoms with Gasteiger partial charge in [0.05, 0.1) is 11.9 Å². The Bertz CT molecular complexity index is 789. The van der Waals surface area contributed by atoms with Crippen molar-refractivity contribution in [2.24, 2.45) is 0 Å². The SMILES string of the molecule is CC(OC(=O)c1cc2cc(F)ccc2s1)c1cnccn1. The van der Waals surface area contributed by atoms with Gasteiger partial charge in [-0.15, -0.1) is 11.3 Å². The summed E-state index contributed by atoms with van der Waals surface area (Å²) in [6.45, 7) is 1.73. The highest BCUT2D eigenvalue weighted by molar-refractivity contribution is 7.20. The number of fused-ring (bicyclic) bond motifs is 1. The van der Waals surface area contributed by atoms with Gasteiger partial charge < -0.3 is 4.74 Å². The van der Waals surface area contributed by atoms with Gasteiger partial charge in [0.25, 0.3) is 0 Å². The molecule has 6 heteroatoms. The molecular formula is C15H11FN2O2S. The molecule has 3 rings (SSSR count). The van der Waals surface area contributed by atoms with Crippen molar-refractivity contribution in [3.8, 4) is 0 Å². The Morgan fingerprint density at radius 2 is 2.19 bits per heavy atom. The fourth-order valence-electron chi connectivity index (χ4n) is 1.91. The first-order valence-electron chi connectivity index (χ1n) is 6.29. The minimum absolute atomic E-state index is 0.326. The molecular weight excluding hydrogens is 291 g/mol. The van der Waals surface area contributed by atoms with Crippen molar-refractivity contribution >= 4 is 27.4 Å². The Kier molecular flexibility index (Phi) is 3.62. The van der Waals surface area contributed by atoms with E-state index in [1.807, 2.05) is 0 Å². The third-order valence-corrected chi connectivity index (χ3v) is 4.06. The molecule has 0 aliphatic rings. The molecule has 0 saturated heterocycles. The number of hydrogen-bond donors (Lipinski definition) is 0. The predicted octanol–water partition coefficient (Wildman–Crippen LogP) is 3.75. The largest absolute Gasteiger partial charge is 0.452 e. The highest BCUT2D eigenvalue weighted by Gasteiger charge is 2.17. The molecule has 21 heavy (non-hydrogen) atoms. The summed E-state index contributed by atoms with van der Waals surface area (Å²) in [4.78, 5) is 20.6. The number of thiophene rings is 1. The minimum Gasteiger partial charge on any atom is -0.452 e. The number of hydrogen-bond acceptors (Lipinski definition) is 5. The van der Waals surface area contributed by atoms with E-state index >= 15 is 0 Å². The Hall–Kier alpha value is -2.34. The van der Waals surface area contributed by atoms with Crippen molar-refractivity contribution in [2.75, 3.05) is 0 Å². The zero-order chi connectivity index (χ0) is 14.8. The summed E-state index contributed by atoms with van der Waals surface area (Å²) >= 11 is 1.27. The van der Waals surface area contributed by atoms with Crippen LogP contribution in [0.1, 0.15) is 28.4 Å². The molecule has 0 N–H and O–H groups in total. The summed E-state index contributed by atoms with van der Waals surface area (Å²) in [6.07, 6.45) is 4.16. The third kappa shape index (κ3) is 2.90. The molecule has 2 aromatic heterocycles. The molecule has 2 heterocycles. The van der Waals surface area contributed by atoms with Crippen LogP contribution in [0.15, 0.2) is 42.9 Å². The first-order valence-corrected chi connectivity index (χ1v) is 7.11. The predicted molar refractivity (Wildman–Crippen MR) is 77.6 cm³/mol. The van der Waals surface area contributed by atoms with Crippen LogP contribution in [0.25, 0.3) is 10.1 Å². The topological polar surface area (TPSA) is 52.1 Å². The monoisotopic (exact) mass is 302 g/mol. The lowest BCUT2D eigenvalue weighted by Crippen LogP contribution is -2.09. The van der Waals surface area contributed by atoms with Gasteiger partial charge >= 0.3 is 5.97 Å². The van der Waals surface area contributed by atoms with Crippen LogP contribution in [-0.2, 0) is 4.74 Å². The molecule has 1 atom stereocenters. The van der Waals surface area contributed by atoms with E-state index in [0.717, 1.165) is 4.70 Å². The Labute approximate surface area is 124 Å². The highest BCUT2D eigenvalue weighted by atomic mass is 32.1. The first-order chi connectivity index (χ1) is 10.1. The number of ether oxygens (including phenoxy) is 1. The first kappa shape index (κ1) is 13.6. The van der Waals surface area contributed by atoms with Crippen LogP contribution in [-0.4, -0.2) is 15.9 Å². The Balaban J connectivity index is 1.80. The molecule has 0 amide bonds. The van der Waals surface area contributed by atoms with Crippen LogP contribution in [0.2, 0.25) is 0 Å². The molecule has 1 aromatic carbocycles. The summed E-state index contributed by atoms with van der Waals surface area (Å²) in [5, 5.41) is 0.694. The van der Waals surface area contributed by atoms with Gasteiger partial charge in [-0.2, -0.15) is 0 Å². The molecule has 0 aliphatic heterocycles. The molecule has 0 bridgehead atoms. The summed E-state index contributed by atoms with van der Waals surface area (Å²) in [5.74, 6) is -0.775. The zero-order valence-electron chi connectivity index (χ0n) is 11.1. The number of nitrogens with zero attached hydrogens (tertiary/aromatic N) is 2. The van der Waals surface area contributed by atoms with E-state index in [2.05, 4.69) is 9.97 Å². The van der Waals surface area contributed by atoms with Gasteiger partial charge in [0.1, 0.15) is 16.8 Å². The molecule has 4 nitrogen and oxygen atoms in total. The summed E-state index contributed by atoms with van der Waals surface area (Å²) < 4.78 is 19.4. The van der Waals surface area contributed by atoms with E-state index in [-0.39, 0.29) is 5.82 Å². The van der Waals surface area contributed by atoms with E-state index in [4.69, 9.17) is 4.74 Å². The van der Waals surface area contributed by atoms with Gasteiger partial charge in [0.2, 0.25) is 0 Å². The van der Waals surface area contributed by atoms with E-state index in [1.165, 1.54) is 23.5 Å². The lowest BCUT2D eigenvalue weighted by Gasteiger charge is -2.10. The Morgan fingerprint density at radius 1 is 1.33 bits per heavy atom. The second-order valence-corrected chi connectivity index (χ2v) is 5.55. The molecule has 0 aliphatic carbocycles. The number of esters is 1. The second-order valence-electron chi connectivity index (χ2n) is 4.47. The van der Waals surface area contributed by atoms with Crippen LogP contribution in [0.5, 0.6) is 0 Å². The van der Waals surface area contributed by atoms with E-state index in [0.29, 0.717) is 16.0 Å². The van der Waals surface area contributed by atoms with Gasteiger partial charge in [-0.3, -0.25) is 9.97 Å². The maximum Gasteiger partial charge on any atom is 0.349 e. The molecule has 0 spiro atoms. The molecule has 3 aromatic rings. The molecule has 0 saturated carbocycles. The van der Waals surface area contributed by atoms with Gasteiger partial charge in [-0.1, -0.05) is 0 Å².